The summed E-state index contributed by atoms with van der Waals surface area (Å²) < 4.78 is 39.6. The summed E-state index contributed by atoms with van der Waals surface area (Å²) in [4.78, 5) is 4.10. The quantitative estimate of drug-likeness (QED) is 0.601. The van der Waals surface area contributed by atoms with Crippen molar-refractivity contribution in [3.05, 3.63) is 41.3 Å². The Kier molecular flexibility index (Phi) is 3.60. The van der Waals surface area contributed by atoms with Gasteiger partial charge in [-0.25, -0.2) is 9.67 Å². The Morgan fingerprint density at radius 2 is 2.11 bits per heavy atom. The second-order valence-corrected chi connectivity index (χ2v) is 4.46. The number of aromatic nitrogens is 3. The molecule has 2 heterocycles. The lowest BCUT2D eigenvalue weighted by atomic mass is 10.3. The summed E-state index contributed by atoms with van der Waals surface area (Å²) >= 11 is 2.14. The molecule has 0 N–H and O–H groups in total. The van der Waals surface area contributed by atoms with Crippen molar-refractivity contribution >= 4 is 22.6 Å². The molecule has 0 bridgehead atoms. The summed E-state index contributed by atoms with van der Waals surface area (Å²) in [6, 6.07) is 4.59. The summed E-state index contributed by atoms with van der Waals surface area (Å²) in [6.07, 6.45) is -2.89. The van der Waals surface area contributed by atoms with E-state index in [1.54, 1.807) is 19.2 Å². The molecule has 96 valence electrons. The molecule has 0 spiro atoms. The van der Waals surface area contributed by atoms with Crippen LogP contribution in [0, 0.1) is 6.92 Å². The number of rotatable bonds is 2. The minimum absolute atomic E-state index is 0.409. The van der Waals surface area contributed by atoms with Crippen molar-refractivity contribution in [2.45, 2.75) is 17.5 Å². The van der Waals surface area contributed by atoms with Crippen molar-refractivity contribution in [1.29, 1.82) is 0 Å². The molecule has 0 atom stereocenters. The number of alkyl halides is 4. The van der Waals surface area contributed by atoms with E-state index in [1.807, 2.05) is 6.07 Å². The average molecular weight is 367 g/mol. The molecule has 2 aromatic heterocycles. The van der Waals surface area contributed by atoms with Crippen LogP contribution in [-0.2, 0) is 10.6 Å². The lowest BCUT2D eigenvalue weighted by molar-refractivity contribution is -0.141. The third-order valence-electron chi connectivity index (χ3n) is 2.39. The number of hydrogen-bond acceptors (Lipinski definition) is 2. The van der Waals surface area contributed by atoms with Gasteiger partial charge in [0.05, 0.1) is 0 Å². The SMILES string of the molecule is Cc1cc(C(F)(F)F)nn1-c1ncccc1CI. The molecule has 0 aliphatic rings. The van der Waals surface area contributed by atoms with Crippen LogP contribution in [0.3, 0.4) is 0 Å². The van der Waals surface area contributed by atoms with Crippen molar-refractivity contribution in [2.24, 2.45) is 0 Å². The summed E-state index contributed by atoms with van der Waals surface area (Å²) in [5.41, 5.74) is 0.357. The Morgan fingerprint density at radius 3 is 2.67 bits per heavy atom. The Bertz CT molecular complexity index is 563. The number of nitrogens with zero attached hydrogens (tertiary/aromatic N) is 3. The Hall–Kier alpha value is -1.12. The third-order valence-corrected chi connectivity index (χ3v) is 3.21. The maximum absolute atomic E-state index is 12.6. The Morgan fingerprint density at radius 1 is 1.39 bits per heavy atom. The maximum atomic E-state index is 12.6. The molecular formula is C11H9F3IN3. The van der Waals surface area contributed by atoms with E-state index in [0.717, 1.165) is 11.6 Å². The molecule has 0 radical (unpaired) electrons. The van der Waals surface area contributed by atoms with Crippen molar-refractivity contribution in [3.8, 4) is 5.82 Å². The summed E-state index contributed by atoms with van der Waals surface area (Å²) in [7, 11) is 0. The molecule has 2 rings (SSSR count). The van der Waals surface area contributed by atoms with Crippen LogP contribution in [0.5, 0.6) is 0 Å². The van der Waals surface area contributed by atoms with Crippen molar-refractivity contribution in [3.63, 3.8) is 0 Å². The van der Waals surface area contributed by atoms with Gasteiger partial charge in [0.1, 0.15) is 0 Å². The second kappa shape index (κ2) is 4.87. The highest BCUT2D eigenvalue weighted by molar-refractivity contribution is 14.1. The predicted molar refractivity (Wildman–Crippen MR) is 68.8 cm³/mol. The summed E-state index contributed by atoms with van der Waals surface area (Å²) in [5, 5.41) is 3.59. The molecule has 2 aromatic rings. The molecule has 0 saturated heterocycles. The van der Waals surface area contributed by atoms with E-state index in [0.29, 0.717) is 15.9 Å². The van der Waals surface area contributed by atoms with Crippen LogP contribution < -0.4 is 0 Å². The van der Waals surface area contributed by atoms with Crippen LogP contribution in [0.1, 0.15) is 17.0 Å². The zero-order chi connectivity index (χ0) is 13.3. The van der Waals surface area contributed by atoms with Gasteiger partial charge >= 0.3 is 6.18 Å². The number of pyridine rings is 1. The highest BCUT2D eigenvalue weighted by atomic mass is 127. The Labute approximate surface area is 115 Å². The Balaban J connectivity index is 2.55. The first-order valence-corrected chi connectivity index (χ1v) is 6.60. The number of halogens is 4. The standard InChI is InChI=1S/C11H9F3IN3/c1-7-5-9(11(12,13)14)17-18(7)10-8(6-15)3-2-4-16-10/h2-5H,6H2,1H3. The smallest absolute Gasteiger partial charge is 0.237 e. The molecule has 0 amide bonds. The molecule has 0 aromatic carbocycles. The molecule has 7 heteroatoms. The van der Waals surface area contributed by atoms with E-state index < -0.39 is 11.9 Å². The highest BCUT2D eigenvalue weighted by Gasteiger charge is 2.34. The van der Waals surface area contributed by atoms with Crippen molar-refractivity contribution < 1.29 is 13.2 Å². The lowest BCUT2D eigenvalue weighted by Gasteiger charge is -2.07. The number of aryl methyl sites for hydroxylation is 1. The molecule has 0 aliphatic heterocycles. The van der Waals surface area contributed by atoms with E-state index >= 15 is 0 Å². The fourth-order valence-corrected chi connectivity index (χ4v) is 2.15. The molecule has 0 saturated carbocycles. The fraction of sp³-hybridized carbons (Fsp3) is 0.273. The van der Waals surface area contributed by atoms with Crippen LogP contribution in [0.4, 0.5) is 13.2 Å². The first kappa shape index (κ1) is 13.3. The van der Waals surface area contributed by atoms with Crippen molar-refractivity contribution in [2.75, 3.05) is 0 Å². The predicted octanol–water partition coefficient (Wildman–Crippen LogP) is 3.53. The first-order valence-electron chi connectivity index (χ1n) is 5.07. The van der Waals surface area contributed by atoms with Crippen LogP contribution in [-0.4, -0.2) is 14.8 Å². The molecule has 0 fully saturated rings. The average Bonchev–Trinajstić information content (AvgIpc) is 2.71. The largest absolute Gasteiger partial charge is 0.435 e. The monoisotopic (exact) mass is 367 g/mol. The molecule has 3 nitrogen and oxygen atoms in total. The van der Waals surface area contributed by atoms with Gasteiger partial charge in [0.2, 0.25) is 0 Å². The van der Waals surface area contributed by atoms with Gasteiger partial charge in [-0.2, -0.15) is 18.3 Å². The van der Waals surface area contributed by atoms with Gasteiger partial charge < -0.3 is 0 Å². The lowest BCUT2D eigenvalue weighted by Crippen LogP contribution is -2.09. The van der Waals surface area contributed by atoms with Crippen LogP contribution in [0.2, 0.25) is 0 Å². The van der Waals surface area contributed by atoms with Gasteiger partial charge in [-0.3, -0.25) is 0 Å². The molecular weight excluding hydrogens is 358 g/mol. The number of hydrogen-bond donors (Lipinski definition) is 0. The molecule has 0 aliphatic carbocycles. The first-order chi connectivity index (χ1) is 8.43. The molecule has 0 unspecified atom stereocenters. The highest BCUT2D eigenvalue weighted by Crippen LogP contribution is 2.29. The van der Waals surface area contributed by atoms with Gasteiger partial charge in [0, 0.05) is 21.9 Å². The maximum Gasteiger partial charge on any atom is 0.435 e. The van der Waals surface area contributed by atoms with Crippen molar-refractivity contribution in [1.82, 2.24) is 14.8 Å². The third kappa shape index (κ3) is 2.50. The van der Waals surface area contributed by atoms with E-state index in [1.165, 1.54) is 4.68 Å². The molecule has 18 heavy (non-hydrogen) atoms. The van der Waals surface area contributed by atoms with E-state index in [2.05, 4.69) is 32.7 Å². The van der Waals surface area contributed by atoms with Gasteiger partial charge in [0.25, 0.3) is 0 Å². The van der Waals surface area contributed by atoms with Crippen LogP contribution in [0.15, 0.2) is 24.4 Å². The van der Waals surface area contributed by atoms with E-state index in [-0.39, 0.29) is 0 Å². The zero-order valence-electron chi connectivity index (χ0n) is 9.37. The second-order valence-electron chi connectivity index (χ2n) is 3.70. The fourth-order valence-electron chi connectivity index (χ4n) is 1.55. The minimum atomic E-state index is -4.44. The topological polar surface area (TPSA) is 30.7 Å². The van der Waals surface area contributed by atoms with E-state index in [9.17, 15) is 13.2 Å². The summed E-state index contributed by atoms with van der Waals surface area (Å²) in [5.74, 6) is 0.444. The zero-order valence-corrected chi connectivity index (χ0v) is 11.5. The van der Waals surface area contributed by atoms with Gasteiger partial charge in [-0.1, -0.05) is 28.7 Å². The van der Waals surface area contributed by atoms with Crippen LogP contribution in [0.25, 0.3) is 5.82 Å². The van der Waals surface area contributed by atoms with Crippen LogP contribution >= 0.6 is 22.6 Å². The normalized spacial score (nSPS) is 11.8. The van der Waals surface area contributed by atoms with Gasteiger partial charge in [-0.05, 0) is 19.1 Å². The van der Waals surface area contributed by atoms with E-state index in [4.69, 9.17) is 0 Å². The van der Waals surface area contributed by atoms with Gasteiger partial charge in [-0.15, -0.1) is 0 Å². The summed E-state index contributed by atoms with van der Waals surface area (Å²) in [6.45, 7) is 1.58. The van der Waals surface area contributed by atoms with Gasteiger partial charge in [0.15, 0.2) is 11.5 Å². The minimum Gasteiger partial charge on any atom is -0.237 e.